The first-order chi connectivity index (χ1) is 7.19. The van der Waals surface area contributed by atoms with Gasteiger partial charge in [-0.1, -0.05) is 44.4 Å². The molecule has 2 aliphatic carbocycles. The second-order valence-corrected chi connectivity index (χ2v) is 5.55. The van der Waals surface area contributed by atoms with Crippen LogP contribution in [0.3, 0.4) is 0 Å². The van der Waals surface area contributed by atoms with Crippen molar-refractivity contribution in [1.82, 2.24) is 0 Å². The molecule has 0 spiro atoms. The van der Waals surface area contributed by atoms with E-state index in [4.69, 9.17) is 0 Å². The number of hydrogen-bond donors (Lipinski definition) is 0. The van der Waals surface area contributed by atoms with Crippen LogP contribution in [0.1, 0.15) is 59.3 Å². The number of allylic oxidation sites excluding steroid dienone is 4. The molecule has 0 amide bonds. The lowest BCUT2D eigenvalue weighted by Gasteiger charge is -2.48. The van der Waals surface area contributed by atoms with E-state index in [0.29, 0.717) is 5.41 Å². The highest BCUT2D eigenvalue weighted by molar-refractivity contribution is 5.31. The monoisotopic (exact) mass is 204 g/mol. The third kappa shape index (κ3) is 2.04. The molecule has 0 atom stereocenters. The van der Waals surface area contributed by atoms with Crippen molar-refractivity contribution >= 4 is 0 Å². The summed E-state index contributed by atoms with van der Waals surface area (Å²) in [5.74, 6) is 0.889. The highest BCUT2D eigenvalue weighted by Crippen LogP contribution is 2.53. The van der Waals surface area contributed by atoms with E-state index in [9.17, 15) is 0 Å². The van der Waals surface area contributed by atoms with Crippen LogP contribution in [0.2, 0.25) is 0 Å². The van der Waals surface area contributed by atoms with E-state index in [1.807, 2.05) is 0 Å². The molecule has 0 heterocycles. The zero-order valence-corrected chi connectivity index (χ0v) is 10.5. The van der Waals surface area contributed by atoms with Gasteiger partial charge in [-0.25, -0.2) is 0 Å². The fraction of sp³-hybridized carbons (Fsp3) is 0.733. The molecule has 0 aromatic rings. The summed E-state index contributed by atoms with van der Waals surface area (Å²) in [7, 11) is 0. The molecule has 0 bridgehead atoms. The van der Waals surface area contributed by atoms with E-state index in [1.54, 1.807) is 11.1 Å². The zero-order chi connectivity index (χ0) is 10.9. The molecule has 0 aromatic heterocycles. The van der Waals surface area contributed by atoms with Gasteiger partial charge in [0.05, 0.1) is 0 Å². The van der Waals surface area contributed by atoms with Crippen LogP contribution in [-0.2, 0) is 0 Å². The lowest BCUT2D eigenvalue weighted by atomic mass is 9.57. The predicted molar refractivity (Wildman–Crippen MR) is 66.8 cm³/mol. The first-order valence-electron chi connectivity index (χ1n) is 6.56. The zero-order valence-electron chi connectivity index (χ0n) is 10.5. The Kier molecular flexibility index (Phi) is 3.04. The molecule has 0 unspecified atom stereocenters. The van der Waals surface area contributed by atoms with Crippen molar-refractivity contribution in [2.24, 2.45) is 11.3 Å². The Hall–Kier alpha value is -0.520. The third-order valence-corrected chi connectivity index (χ3v) is 4.66. The molecule has 1 fully saturated rings. The van der Waals surface area contributed by atoms with Crippen molar-refractivity contribution in [3.63, 3.8) is 0 Å². The number of rotatable bonds is 3. The maximum absolute atomic E-state index is 2.48. The van der Waals surface area contributed by atoms with Gasteiger partial charge in [0, 0.05) is 0 Å². The Morgan fingerprint density at radius 1 is 1.27 bits per heavy atom. The van der Waals surface area contributed by atoms with Crippen molar-refractivity contribution in [3.05, 3.63) is 23.3 Å². The van der Waals surface area contributed by atoms with Gasteiger partial charge in [0.25, 0.3) is 0 Å². The Morgan fingerprint density at radius 3 is 2.47 bits per heavy atom. The molecule has 0 aromatic carbocycles. The first-order valence-corrected chi connectivity index (χ1v) is 6.56. The summed E-state index contributed by atoms with van der Waals surface area (Å²) >= 11 is 0. The van der Waals surface area contributed by atoms with E-state index in [2.05, 4.69) is 32.9 Å². The van der Waals surface area contributed by atoms with Crippen molar-refractivity contribution in [2.75, 3.05) is 0 Å². The average Bonchev–Trinajstić information content (AvgIpc) is 2.18. The van der Waals surface area contributed by atoms with Crippen LogP contribution >= 0.6 is 0 Å². The van der Waals surface area contributed by atoms with Gasteiger partial charge < -0.3 is 0 Å². The van der Waals surface area contributed by atoms with Gasteiger partial charge in [0.2, 0.25) is 0 Å². The Bertz CT molecular complexity index is 281. The minimum Gasteiger partial charge on any atom is -0.0807 e. The van der Waals surface area contributed by atoms with Crippen molar-refractivity contribution in [2.45, 2.75) is 59.3 Å². The molecule has 1 saturated carbocycles. The van der Waals surface area contributed by atoms with Gasteiger partial charge in [-0.05, 0) is 49.5 Å². The van der Waals surface area contributed by atoms with E-state index in [1.165, 1.54) is 38.5 Å². The largest absolute Gasteiger partial charge is 0.0807 e. The molecule has 0 saturated heterocycles. The molecule has 0 N–H and O–H groups in total. The summed E-state index contributed by atoms with van der Waals surface area (Å²) in [4.78, 5) is 0. The van der Waals surface area contributed by atoms with Crippen LogP contribution in [0.15, 0.2) is 23.3 Å². The molecular formula is C15H24. The van der Waals surface area contributed by atoms with Crippen LogP contribution in [0.4, 0.5) is 0 Å². The van der Waals surface area contributed by atoms with Crippen molar-refractivity contribution < 1.29 is 0 Å². The van der Waals surface area contributed by atoms with Gasteiger partial charge in [-0.3, -0.25) is 0 Å². The van der Waals surface area contributed by atoms with Crippen molar-refractivity contribution in [3.8, 4) is 0 Å². The maximum atomic E-state index is 2.48. The van der Waals surface area contributed by atoms with Crippen molar-refractivity contribution in [1.29, 1.82) is 0 Å². The molecule has 2 rings (SSSR count). The van der Waals surface area contributed by atoms with E-state index in [-0.39, 0.29) is 0 Å². The second kappa shape index (κ2) is 4.15. The van der Waals surface area contributed by atoms with E-state index >= 15 is 0 Å². The summed E-state index contributed by atoms with van der Waals surface area (Å²) < 4.78 is 0. The molecule has 2 aliphatic rings. The van der Waals surface area contributed by atoms with Crippen LogP contribution in [0.25, 0.3) is 0 Å². The van der Waals surface area contributed by atoms with Crippen LogP contribution in [0, 0.1) is 11.3 Å². The highest BCUT2D eigenvalue weighted by Gasteiger charge is 2.42. The Morgan fingerprint density at radius 2 is 1.93 bits per heavy atom. The topological polar surface area (TPSA) is 0 Å². The molecule has 0 heteroatoms. The second-order valence-electron chi connectivity index (χ2n) is 5.55. The van der Waals surface area contributed by atoms with Gasteiger partial charge in [0.1, 0.15) is 0 Å². The summed E-state index contributed by atoms with van der Waals surface area (Å²) in [6.45, 7) is 6.99. The summed E-state index contributed by atoms with van der Waals surface area (Å²) in [5.41, 5.74) is 3.93. The molecule has 0 nitrogen and oxygen atoms in total. The van der Waals surface area contributed by atoms with E-state index in [0.717, 1.165) is 5.92 Å². The van der Waals surface area contributed by atoms with E-state index < -0.39 is 0 Å². The quantitative estimate of drug-likeness (QED) is 0.615. The fourth-order valence-corrected chi connectivity index (χ4v) is 3.22. The normalized spacial score (nSPS) is 25.5. The predicted octanol–water partition coefficient (Wildman–Crippen LogP) is 4.87. The summed E-state index contributed by atoms with van der Waals surface area (Å²) in [5, 5.41) is 0. The minimum absolute atomic E-state index is 0.699. The molecule has 84 valence electrons. The lowest BCUT2D eigenvalue weighted by Crippen LogP contribution is -2.37. The molecule has 15 heavy (non-hydrogen) atoms. The van der Waals surface area contributed by atoms with Crippen LogP contribution in [0.5, 0.6) is 0 Å². The van der Waals surface area contributed by atoms with Crippen LogP contribution < -0.4 is 0 Å². The minimum atomic E-state index is 0.699. The van der Waals surface area contributed by atoms with Gasteiger partial charge in [0.15, 0.2) is 0 Å². The molecule has 0 aliphatic heterocycles. The Balaban J connectivity index is 1.97. The van der Waals surface area contributed by atoms with Gasteiger partial charge >= 0.3 is 0 Å². The summed E-state index contributed by atoms with van der Waals surface area (Å²) in [6, 6.07) is 0. The number of hydrogen-bond acceptors (Lipinski definition) is 0. The maximum Gasteiger partial charge on any atom is -0.0155 e. The van der Waals surface area contributed by atoms with Crippen LogP contribution in [-0.4, -0.2) is 0 Å². The fourth-order valence-electron chi connectivity index (χ4n) is 3.22. The SMILES string of the molecule is CCC1(CC)CC(C2=CCCC(C)=C2)C1. The Labute approximate surface area is 94.5 Å². The van der Waals surface area contributed by atoms with Gasteiger partial charge in [-0.15, -0.1) is 0 Å². The first kappa shape index (κ1) is 11.0. The summed E-state index contributed by atoms with van der Waals surface area (Å²) in [6.07, 6.45) is 13.1. The molecular weight excluding hydrogens is 180 g/mol. The highest BCUT2D eigenvalue weighted by atomic mass is 14.5. The standard InChI is InChI=1S/C15H24/c1-4-15(5-2)10-14(11-15)13-8-6-7-12(3)9-13/h8-9,14H,4-7,10-11H2,1-3H3. The lowest BCUT2D eigenvalue weighted by molar-refractivity contribution is 0.0682. The average molecular weight is 204 g/mol. The van der Waals surface area contributed by atoms with Gasteiger partial charge in [-0.2, -0.15) is 0 Å². The smallest absolute Gasteiger partial charge is 0.0155 e. The third-order valence-electron chi connectivity index (χ3n) is 4.66. The molecule has 0 radical (unpaired) electrons.